The predicted octanol–water partition coefficient (Wildman–Crippen LogP) is 3.45. The second-order valence-electron chi connectivity index (χ2n) is 5.16. The molecule has 2 aromatic carbocycles. The van der Waals surface area contributed by atoms with Crippen LogP contribution in [-0.4, -0.2) is 22.8 Å². The number of halogens is 2. The van der Waals surface area contributed by atoms with Crippen LogP contribution in [0.3, 0.4) is 0 Å². The quantitative estimate of drug-likeness (QED) is 0.640. The van der Waals surface area contributed by atoms with E-state index in [4.69, 9.17) is 0 Å². The molecule has 2 rings (SSSR count). The zero-order valence-corrected chi connectivity index (χ0v) is 12.5. The van der Waals surface area contributed by atoms with Crippen molar-refractivity contribution < 1.29 is 18.5 Å². The van der Waals surface area contributed by atoms with Crippen LogP contribution in [0.25, 0.3) is 0 Å². The van der Waals surface area contributed by atoms with Crippen LogP contribution in [0.1, 0.15) is 21.5 Å². The maximum absolute atomic E-state index is 13.6. The van der Waals surface area contributed by atoms with Crippen molar-refractivity contribution in [3.05, 3.63) is 74.8 Å². The van der Waals surface area contributed by atoms with Gasteiger partial charge in [0.15, 0.2) is 0 Å². The Kier molecular flexibility index (Phi) is 4.68. The highest BCUT2D eigenvalue weighted by atomic mass is 19.1. The van der Waals surface area contributed by atoms with Crippen molar-refractivity contribution in [3.8, 4) is 0 Å². The van der Waals surface area contributed by atoms with Gasteiger partial charge in [-0.25, -0.2) is 8.78 Å². The number of nitrogens with zero attached hydrogens (tertiary/aromatic N) is 2. The minimum Gasteiger partial charge on any atom is -0.337 e. The molecule has 1 amide bonds. The van der Waals surface area contributed by atoms with E-state index in [2.05, 4.69) is 0 Å². The first-order valence-electron chi connectivity index (χ1n) is 6.74. The third kappa shape index (κ3) is 3.68. The third-order valence-electron chi connectivity index (χ3n) is 3.42. The van der Waals surface area contributed by atoms with Crippen molar-refractivity contribution in [2.45, 2.75) is 13.5 Å². The van der Waals surface area contributed by atoms with Gasteiger partial charge in [-0.1, -0.05) is 12.1 Å². The zero-order chi connectivity index (χ0) is 17.1. The smallest absolute Gasteiger partial charge is 0.273 e. The molecule has 0 atom stereocenters. The van der Waals surface area contributed by atoms with Crippen LogP contribution in [0.5, 0.6) is 0 Å². The van der Waals surface area contributed by atoms with Gasteiger partial charge in [0.25, 0.3) is 11.6 Å². The fourth-order valence-corrected chi connectivity index (χ4v) is 2.14. The molecular formula is C16H14F2N2O3. The molecular weight excluding hydrogens is 306 g/mol. The number of carbonyl (C=O) groups is 1. The van der Waals surface area contributed by atoms with Gasteiger partial charge in [0.2, 0.25) is 0 Å². The van der Waals surface area contributed by atoms with Gasteiger partial charge in [0.1, 0.15) is 11.6 Å². The molecule has 0 aliphatic heterocycles. The van der Waals surface area contributed by atoms with Crippen molar-refractivity contribution >= 4 is 11.6 Å². The monoisotopic (exact) mass is 320 g/mol. The molecule has 0 N–H and O–H groups in total. The highest BCUT2D eigenvalue weighted by Gasteiger charge is 2.18. The van der Waals surface area contributed by atoms with Gasteiger partial charge in [-0.05, 0) is 19.1 Å². The standard InChI is InChI=1S/C16H14F2N2O3/c1-10-3-4-11(7-15(10)20(22)23)16(21)19(2)9-12-5-6-13(17)8-14(12)18/h3-8H,9H2,1-2H3. The summed E-state index contributed by atoms with van der Waals surface area (Å²) >= 11 is 0. The first kappa shape index (κ1) is 16.5. The molecule has 0 spiro atoms. The Bertz CT molecular complexity index is 778. The maximum Gasteiger partial charge on any atom is 0.273 e. The lowest BCUT2D eigenvalue weighted by Crippen LogP contribution is -2.26. The van der Waals surface area contributed by atoms with Crippen LogP contribution in [0.15, 0.2) is 36.4 Å². The number of benzene rings is 2. The Hall–Kier alpha value is -2.83. The van der Waals surface area contributed by atoms with Gasteiger partial charge in [-0.2, -0.15) is 0 Å². The maximum atomic E-state index is 13.6. The van der Waals surface area contributed by atoms with Gasteiger partial charge in [-0.3, -0.25) is 14.9 Å². The SMILES string of the molecule is Cc1ccc(C(=O)N(C)Cc2ccc(F)cc2F)cc1[N+](=O)[O-]. The minimum absolute atomic E-state index is 0.0768. The van der Waals surface area contributed by atoms with Crippen LogP contribution in [0.2, 0.25) is 0 Å². The number of hydrogen-bond donors (Lipinski definition) is 0. The normalized spacial score (nSPS) is 10.4. The molecule has 0 heterocycles. The van der Waals surface area contributed by atoms with E-state index in [1.165, 1.54) is 36.2 Å². The van der Waals surface area contributed by atoms with E-state index in [1.54, 1.807) is 6.92 Å². The van der Waals surface area contributed by atoms with Crippen LogP contribution in [0, 0.1) is 28.7 Å². The first-order chi connectivity index (χ1) is 10.8. The van der Waals surface area contributed by atoms with E-state index in [1.807, 2.05) is 0 Å². The second kappa shape index (κ2) is 6.51. The van der Waals surface area contributed by atoms with Gasteiger partial charge < -0.3 is 4.90 Å². The van der Waals surface area contributed by atoms with E-state index in [-0.39, 0.29) is 23.4 Å². The fourth-order valence-electron chi connectivity index (χ4n) is 2.14. The molecule has 7 heteroatoms. The average molecular weight is 320 g/mol. The molecule has 23 heavy (non-hydrogen) atoms. The topological polar surface area (TPSA) is 63.5 Å². The summed E-state index contributed by atoms with van der Waals surface area (Å²) in [5.74, 6) is -1.94. The lowest BCUT2D eigenvalue weighted by molar-refractivity contribution is -0.385. The number of aryl methyl sites for hydroxylation is 1. The molecule has 0 aliphatic rings. The van der Waals surface area contributed by atoms with E-state index in [9.17, 15) is 23.7 Å². The highest BCUT2D eigenvalue weighted by molar-refractivity contribution is 5.94. The van der Waals surface area contributed by atoms with E-state index in [0.717, 1.165) is 12.1 Å². The van der Waals surface area contributed by atoms with Gasteiger partial charge in [-0.15, -0.1) is 0 Å². The van der Waals surface area contributed by atoms with E-state index < -0.39 is 22.5 Å². The van der Waals surface area contributed by atoms with Gasteiger partial charge in [0, 0.05) is 42.4 Å². The Balaban J connectivity index is 2.23. The van der Waals surface area contributed by atoms with Crippen molar-refractivity contribution in [2.24, 2.45) is 0 Å². The lowest BCUT2D eigenvalue weighted by atomic mass is 10.1. The summed E-state index contributed by atoms with van der Waals surface area (Å²) in [5.41, 5.74) is 0.576. The first-order valence-corrected chi connectivity index (χ1v) is 6.74. The molecule has 0 aliphatic carbocycles. The Morgan fingerprint density at radius 1 is 1.22 bits per heavy atom. The number of carbonyl (C=O) groups excluding carboxylic acids is 1. The fraction of sp³-hybridized carbons (Fsp3) is 0.188. The average Bonchev–Trinajstić information content (AvgIpc) is 2.49. The number of rotatable bonds is 4. The molecule has 5 nitrogen and oxygen atoms in total. The zero-order valence-electron chi connectivity index (χ0n) is 12.5. The number of nitro benzene ring substituents is 1. The van der Waals surface area contributed by atoms with Gasteiger partial charge >= 0.3 is 0 Å². The minimum atomic E-state index is -0.750. The highest BCUT2D eigenvalue weighted by Crippen LogP contribution is 2.21. The van der Waals surface area contributed by atoms with Crippen molar-refractivity contribution in [1.82, 2.24) is 4.90 Å². The molecule has 0 fully saturated rings. The van der Waals surface area contributed by atoms with Crippen LogP contribution in [-0.2, 0) is 6.54 Å². The summed E-state index contributed by atoms with van der Waals surface area (Å²) in [6.07, 6.45) is 0. The van der Waals surface area contributed by atoms with Crippen LogP contribution >= 0.6 is 0 Å². The Labute approximate surface area is 131 Å². The number of hydrogen-bond acceptors (Lipinski definition) is 3. The Morgan fingerprint density at radius 2 is 1.91 bits per heavy atom. The van der Waals surface area contributed by atoms with Crippen molar-refractivity contribution in [1.29, 1.82) is 0 Å². The molecule has 0 unspecified atom stereocenters. The second-order valence-corrected chi connectivity index (χ2v) is 5.16. The van der Waals surface area contributed by atoms with E-state index in [0.29, 0.717) is 5.56 Å². The van der Waals surface area contributed by atoms with E-state index >= 15 is 0 Å². The largest absolute Gasteiger partial charge is 0.337 e. The van der Waals surface area contributed by atoms with Crippen LogP contribution in [0.4, 0.5) is 14.5 Å². The predicted molar refractivity (Wildman–Crippen MR) is 80.0 cm³/mol. The van der Waals surface area contributed by atoms with Crippen molar-refractivity contribution in [2.75, 3.05) is 7.05 Å². The molecule has 0 radical (unpaired) electrons. The molecule has 2 aromatic rings. The molecule has 0 bridgehead atoms. The summed E-state index contributed by atoms with van der Waals surface area (Å²) in [4.78, 5) is 23.9. The van der Waals surface area contributed by atoms with Crippen LogP contribution < -0.4 is 0 Å². The summed E-state index contributed by atoms with van der Waals surface area (Å²) in [6.45, 7) is 1.50. The van der Waals surface area contributed by atoms with Gasteiger partial charge in [0.05, 0.1) is 4.92 Å². The third-order valence-corrected chi connectivity index (χ3v) is 3.42. The van der Waals surface area contributed by atoms with Crippen molar-refractivity contribution in [3.63, 3.8) is 0 Å². The summed E-state index contributed by atoms with van der Waals surface area (Å²) in [7, 11) is 1.44. The molecule has 0 saturated heterocycles. The molecule has 0 aromatic heterocycles. The number of nitro groups is 1. The summed E-state index contributed by atoms with van der Waals surface area (Å²) < 4.78 is 26.5. The Morgan fingerprint density at radius 3 is 2.52 bits per heavy atom. The lowest BCUT2D eigenvalue weighted by Gasteiger charge is -2.18. The molecule has 120 valence electrons. The summed E-state index contributed by atoms with van der Waals surface area (Å²) in [6, 6.07) is 7.25. The number of amides is 1. The summed E-state index contributed by atoms with van der Waals surface area (Å²) in [5, 5.41) is 10.9. The molecule has 0 saturated carbocycles.